The van der Waals surface area contributed by atoms with Crippen LogP contribution in [0, 0.1) is 12.8 Å². The Morgan fingerprint density at radius 1 is 0.688 bits per heavy atom. The lowest BCUT2D eigenvalue weighted by atomic mass is 9.77. The second-order valence-corrected chi connectivity index (χ2v) is 19.7. The van der Waals surface area contributed by atoms with Crippen molar-refractivity contribution in [1.82, 2.24) is 0 Å². The minimum absolute atomic E-state index is 0.0684. The first kappa shape index (κ1) is 24.8. The van der Waals surface area contributed by atoms with Gasteiger partial charge in [-0.15, -0.1) is 4.57 Å². The molecule has 4 nitrogen and oxygen atoms in total. The molecular weight excluding hydrogens is 779 g/mol. The highest BCUT2D eigenvalue weighted by Gasteiger charge is 2.70. The number of ether oxygens (including phenoxy) is 1. The van der Waals surface area contributed by atoms with Gasteiger partial charge in [-0.25, -0.2) is 4.90 Å². The summed E-state index contributed by atoms with van der Waals surface area (Å²) in [7, 11) is 0. The summed E-state index contributed by atoms with van der Waals surface area (Å²) in [6.07, 6.45) is 1.10. The van der Waals surface area contributed by atoms with Crippen molar-refractivity contribution in [2.45, 2.75) is 117 Å². The molecule has 0 amide bonds. The first-order valence-electron chi connectivity index (χ1n) is 31.4. The van der Waals surface area contributed by atoms with E-state index in [-0.39, 0.29) is 28.2 Å². The van der Waals surface area contributed by atoms with E-state index in [9.17, 15) is 15.1 Å². The number of pyridine rings is 1. The lowest BCUT2D eigenvalue weighted by molar-refractivity contribution is -0.774. The van der Waals surface area contributed by atoms with Gasteiger partial charge in [0.2, 0.25) is 5.69 Å². The molecule has 0 fully saturated rings. The zero-order valence-electron chi connectivity index (χ0n) is 56.0. The molecule has 64 heavy (non-hydrogen) atoms. The van der Waals surface area contributed by atoms with Gasteiger partial charge in [0, 0.05) is 60.5 Å². The van der Waals surface area contributed by atoms with Crippen LogP contribution in [0.1, 0.15) is 147 Å². The number of anilines is 3. The maximum absolute atomic E-state index is 9.25. The minimum atomic E-state index is -3.85. The van der Waals surface area contributed by atoms with Gasteiger partial charge in [-0.05, 0) is 105 Å². The van der Waals surface area contributed by atoms with Crippen LogP contribution in [0.2, 0.25) is 0 Å². The molecule has 6 aromatic carbocycles. The molecule has 2 unspecified atom stereocenters. The number of hydrogen-bond donors (Lipinski definition) is 0. The Morgan fingerprint density at radius 3 is 2.16 bits per heavy atom. The molecule has 1 aromatic heterocycles. The van der Waals surface area contributed by atoms with Crippen LogP contribution in [-0.2, 0) is 28.5 Å². The molecule has 0 saturated heterocycles. The van der Waals surface area contributed by atoms with Crippen molar-refractivity contribution in [3.05, 3.63) is 172 Å². The van der Waals surface area contributed by atoms with Crippen LogP contribution < -0.4 is 19.1 Å². The fourth-order valence-electron chi connectivity index (χ4n) is 10.3. The van der Waals surface area contributed by atoms with Gasteiger partial charge < -0.3 is 9.64 Å². The molecular formula is C60H62N3O+. The molecule has 4 aliphatic heterocycles. The van der Waals surface area contributed by atoms with Crippen LogP contribution >= 0.6 is 0 Å². The molecule has 0 N–H and O–H groups in total. The Balaban J connectivity index is 1.36. The van der Waals surface area contributed by atoms with E-state index >= 15 is 0 Å². The van der Waals surface area contributed by atoms with Crippen LogP contribution in [0.3, 0.4) is 0 Å². The van der Waals surface area contributed by atoms with Gasteiger partial charge in [0.15, 0.2) is 6.20 Å². The van der Waals surface area contributed by atoms with E-state index in [2.05, 4.69) is 24.8 Å². The van der Waals surface area contributed by atoms with E-state index in [1.165, 1.54) is 13.8 Å². The van der Waals surface area contributed by atoms with Gasteiger partial charge in [0.1, 0.15) is 17.5 Å². The van der Waals surface area contributed by atoms with Gasteiger partial charge in [0.05, 0.1) is 28.1 Å². The molecule has 7 aromatic rings. The lowest BCUT2D eigenvalue weighted by Crippen LogP contribution is -2.71. The SMILES string of the molecule is [2H]c1c([2H])c(C([2H])([2H])[2H])c([2H])c([2H])c1-c1cc[n+]2c(c1)-c1cc(C(C)(C)C)cc3c1C21Oc2c(cc(C(C)(C)C([2H])([2H])[2H])cc2C(C([2H])([2H])[2H])(C([2H])([2H])[2H])C([2H])([2H])[2H])C2N(c4ccc(CC(C)C)cc4-c4ccccc4)c4cccc-3c4N21. The Bertz CT molecular complexity index is 3800. The maximum Gasteiger partial charge on any atom is 0.432 e. The third-order valence-electron chi connectivity index (χ3n) is 13.2. The molecule has 5 heterocycles. The molecule has 0 saturated carbocycles. The van der Waals surface area contributed by atoms with Crippen molar-refractivity contribution in [3.8, 4) is 50.4 Å². The highest BCUT2D eigenvalue weighted by Crippen LogP contribution is 2.68. The standard InChI is InChI=1S/C60H62N3O/c1-36(2)29-38-23-26-50(45(30-38)40-17-14-13-15-18-40)62-51-20-16-19-44-46-32-42(57(4,5)6)33-47-52-31-41(39-24-21-37(3)22-25-39)27-28-61(52)60(53(46)47)63(54(44)51)56(62)48-34-43(58(7,8)9)35-49(55(48)64-60)59(10,11)12/h13-28,30-36,56H,29H2,1-12H3/q+1/i3D3,7D3,10D3,11D3,12D3,21D,22D,24D,25D. The lowest BCUT2D eigenvalue weighted by Gasteiger charge is -2.49. The molecule has 0 aliphatic carbocycles. The molecule has 4 heteroatoms. The normalized spacial score (nSPS) is 23.2. The third-order valence-corrected chi connectivity index (χ3v) is 13.2. The highest BCUT2D eigenvalue weighted by molar-refractivity contribution is 6.03. The zero-order valence-corrected chi connectivity index (χ0v) is 37.0. The van der Waals surface area contributed by atoms with Crippen LogP contribution in [0.5, 0.6) is 5.75 Å². The van der Waals surface area contributed by atoms with E-state index in [0.717, 1.165) is 40.3 Å². The maximum atomic E-state index is 9.25. The number of nitrogens with zero attached hydrogens (tertiary/aromatic N) is 3. The predicted octanol–water partition coefficient (Wildman–Crippen LogP) is 15.1. The molecule has 322 valence electrons. The molecule has 0 bridgehead atoms. The second kappa shape index (κ2) is 13.7. The molecule has 11 rings (SSSR count). The van der Waals surface area contributed by atoms with Gasteiger partial charge in [-0.2, -0.15) is 0 Å². The van der Waals surface area contributed by atoms with Crippen molar-refractivity contribution in [3.63, 3.8) is 0 Å². The average molecular weight is 860 g/mol. The number of aromatic nitrogens is 1. The monoisotopic (exact) mass is 860 g/mol. The Hall–Kier alpha value is -6.13. The quantitative estimate of drug-likeness (QED) is 0.161. The second-order valence-electron chi connectivity index (χ2n) is 19.7. The first-order chi connectivity index (χ1) is 38.2. The van der Waals surface area contributed by atoms with Gasteiger partial charge in [-0.3, -0.25) is 0 Å². The number of fused-ring (bicyclic) bond motifs is 5. The molecule has 2 atom stereocenters. The van der Waals surface area contributed by atoms with Crippen LogP contribution in [0.15, 0.2) is 133 Å². The molecule has 1 spiro atoms. The summed E-state index contributed by atoms with van der Waals surface area (Å²) < 4.78 is 180. The van der Waals surface area contributed by atoms with E-state index in [1.807, 2.05) is 98.5 Å². The Labute approximate surface area is 407 Å². The van der Waals surface area contributed by atoms with E-state index in [1.54, 1.807) is 29.0 Å². The largest absolute Gasteiger partial charge is 0.432 e. The van der Waals surface area contributed by atoms with Crippen molar-refractivity contribution >= 4 is 17.1 Å². The number of para-hydroxylation sites is 1. The minimum Gasteiger partial charge on any atom is -0.410 e. The summed E-state index contributed by atoms with van der Waals surface area (Å²) in [6, 6.07) is 28.9. The highest BCUT2D eigenvalue weighted by atomic mass is 16.5. The van der Waals surface area contributed by atoms with Gasteiger partial charge in [-0.1, -0.05) is 160 Å². The van der Waals surface area contributed by atoms with Crippen molar-refractivity contribution in [2.24, 2.45) is 5.92 Å². The van der Waals surface area contributed by atoms with Crippen LogP contribution in [0.4, 0.5) is 17.1 Å². The smallest absolute Gasteiger partial charge is 0.410 e. The summed E-state index contributed by atoms with van der Waals surface area (Å²) in [4.78, 5) is 4.06. The van der Waals surface area contributed by atoms with Crippen molar-refractivity contribution < 1.29 is 35.3 Å². The first-order valence-corrected chi connectivity index (χ1v) is 21.9. The van der Waals surface area contributed by atoms with E-state index in [4.69, 9.17) is 15.7 Å². The fraction of sp³-hybridized carbons (Fsp3) is 0.317. The number of rotatable bonds is 5. The average Bonchev–Trinajstić information content (AvgIpc) is 1.55. The van der Waals surface area contributed by atoms with Gasteiger partial charge >= 0.3 is 5.85 Å². The summed E-state index contributed by atoms with van der Waals surface area (Å²) in [6.45, 7) is -4.16. The number of hydrogen-bond acceptors (Lipinski definition) is 3. The van der Waals surface area contributed by atoms with E-state index in [0.29, 0.717) is 39.4 Å². The Morgan fingerprint density at radius 2 is 1.44 bits per heavy atom. The molecule has 0 radical (unpaired) electrons. The summed E-state index contributed by atoms with van der Waals surface area (Å²) in [5.74, 6) is -2.20. The summed E-state index contributed by atoms with van der Waals surface area (Å²) in [5.41, 5.74) is 0.414. The van der Waals surface area contributed by atoms with Crippen molar-refractivity contribution in [2.75, 3.05) is 9.80 Å². The number of benzene rings is 6. The summed E-state index contributed by atoms with van der Waals surface area (Å²) >= 11 is 0. The van der Waals surface area contributed by atoms with E-state index < -0.39 is 104 Å². The fourth-order valence-corrected chi connectivity index (χ4v) is 10.3. The van der Waals surface area contributed by atoms with Crippen LogP contribution in [-0.4, -0.2) is 0 Å². The third kappa shape index (κ3) is 5.90. The zero-order chi connectivity index (χ0) is 60.8. The van der Waals surface area contributed by atoms with Gasteiger partial charge in [0.25, 0.3) is 0 Å². The van der Waals surface area contributed by atoms with Crippen molar-refractivity contribution in [1.29, 1.82) is 0 Å². The topological polar surface area (TPSA) is 19.6 Å². The molecule has 4 aliphatic rings. The predicted molar refractivity (Wildman–Crippen MR) is 266 cm³/mol. The van der Waals surface area contributed by atoms with Crippen LogP contribution in [0.25, 0.3) is 44.6 Å². The Kier molecular flexibility index (Phi) is 5.31. The summed E-state index contributed by atoms with van der Waals surface area (Å²) in [5, 5.41) is 0.